The molecule has 0 N–H and O–H groups in total. The summed E-state index contributed by atoms with van der Waals surface area (Å²) < 4.78 is 0. The average Bonchev–Trinajstić information content (AvgIpc) is 2.23. The molecule has 0 aliphatic carbocycles. The summed E-state index contributed by atoms with van der Waals surface area (Å²) in [5.74, 6) is 1.38. The normalized spacial score (nSPS) is 11.2. The van der Waals surface area contributed by atoms with Crippen LogP contribution in [0.3, 0.4) is 0 Å². The number of carbonyl (C=O) groups excluding carboxylic acids is 1. The van der Waals surface area contributed by atoms with E-state index < -0.39 is 0 Å². The van der Waals surface area contributed by atoms with Crippen molar-refractivity contribution in [2.45, 2.75) is 38.4 Å². The Morgan fingerprint density at radius 1 is 1.12 bits per heavy atom. The van der Waals surface area contributed by atoms with Crippen LogP contribution in [-0.2, 0) is 4.79 Å². The quantitative estimate of drug-likeness (QED) is 0.594. The maximum Gasteiger partial charge on any atom is 0.222 e. The summed E-state index contributed by atoms with van der Waals surface area (Å²) in [5.41, 5.74) is 0. The molecule has 0 bridgehead atoms. The Labute approximate surface area is 111 Å². The van der Waals surface area contributed by atoms with Crippen LogP contribution in [0, 0.1) is 0 Å². The standard InChI is InChI=1S/C13H28N2OS/c1-12(2)17-11-6-8-13(16)15(5)10-7-9-14(3)4/h12H,6-11H2,1-5H3. The first-order valence-electron chi connectivity index (χ1n) is 6.43. The van der Waals surface area contributed by atoms with E-state index in [9.17, 15) is 4.79 Å². The number of hydrogen-bond donors (Lipinski definition) is 0. The zero-order valence-electron chi connectivity index (χ0n) is 12.0. The minimum Gasteiger partial charge on any atom is -0.346 e. The van der Waals surface area contributed by atoms with Crippen LogP contribution < -0.4 is 0 Å². The lowest BCUT2D eigenvalue weighted by molar-refractivity contribution is -0.129. The van der Waals surface area contributed by atoms with Gasteiger partial charge in [-0.05, 0) is 44.5 Å². The van der Waals surface area contributed by atoms with E-state index in [0.29, 0.717) is 11.7 Å². The number of hydrogen-bond acceptors (Lipinski definition) is 3. The molecule has 0 spiro atoms. The molecule has 0 atom stereocenters. The van der Waals surface area contributed by atoms with Crippen molar-refractivity contribution in [3.8, 4) is 0 Å². The second kappa shape index (κ2) is 9.77. The molecule has 17 heavy (non-hydrogen) atoms. The van der Waals surface area contributed by atoms with Crippen LogP contribution in [0.4, 0.5) is 0 Å². The summed E-state index contributed by atoms with van der Waals surface area (Å²) in [5, 5.41) is 0.669. The number of amides is 1. The van der Waals surface area contributed by atoms with Crippen LogP contribution in [-0.4, -0.2) is 60.9 Å². The third-order valence-electron chi connectivity index (χ3n) is 2.51. The van der Waals surface area contributed by atoms with E-state index in [1.807, 2.05) is 23.7 Å². The molecule has 0 radical (unpaired) electrons. The summed E-state index contributed by atoms with van der Waals surface area (Å²) in [6.07, 6.45) is 2.74. The van der Waals surface area contributed by atoms with Gasteiger partial charge in [-0.15, -0.1) is 0 Å². The van der Waals surface area contributed by atoms with Crippen LogP contribution in [0.5, 0.6) is 0 Å². The molecule has 0 saturated heterocycles. The van der Waals surface area contributed by atoms with Crippen LogP contribution in [0.1, 0.15) is 33.1 Å². The van der Waals surface area contributed by atoms with Crippen molar-refractivity contribution >= 4 is 17.7 Å². The molecule has 102 valence electrons. The summed E-state index contributed by atoms with van der Waals surface area (Å²) in [6, 6.07) is 0. The SMILES string of the molecule is CC(C)SCCCC(=O)N(C)CCCN(C)C. The number of thioether (sulfide) groups is 1. The highest BCUT2D eigenvalue weighted by Crippen LogP contribution is 2.11. The van der Waals surface area contributed by atoms with Gasteiger partial charge in [-0.1, -0.05) is 13.8 Å². The summed E-state index contributed by atoms with van der Waals surface area (Å²) >= 11 is 1.93. The zero-order chi connectivity index (χ0) is 13.3. The van der Waals surface area contributed by atoms with Gasteiger partial charge in [-0.25, -0.2) is 0 Å². The Morgan fingerprint density at radius 2 is 1.76 bits per heavy atom. The lowest BCUT2D eigenvalue weighted by Crippen LogP contribution is -2.29. The number of nitrogens with zero attached hydrogens (tertiary/aromatic N) is 2. The second-order valence-corrected chi connectivity index (χ2v) is 6.68. The van der Waals surface area contributed by atoms with Crippen molar-refractivity contribution in [3.05, 3.63) is 0 Å². The maximum atomic E-state index is 11.8. The van der Waals surface area contributed by atoms with Crippen LogP contribution in [0.2, 0.25) is 0 Å². The van der Waals surface area contributed by atoms with Crippen molar-refractivity contribution in [3.63, 3.8) is 0 Å². The highest BCUT2D eigenvalue weighted by molar-refractivity contribution is 7.99. The first-order chi connectivity index (χ1) is 7.93. The van der Waals surface area contributed by atoms with Crippen molar-refractivity contribution in [1.82, 2.24) is 9.80 Å². The minimum atomic E-state index is 0.285. The van der Waals surface area contributed by atoms with E-state index in [2.05, 4.69) is 32.8 Å². The minimum absolute atomic E-state index is 0.285. The van der Waals surface area contributed by atoms with Crippen molar-refractivity contribution in [1.29, 1.82) is 0 Å². The molecule has 0 fully saturated rings. The molecule has 4 heteroatoms. The fourth-order valence-corrected chi connectivity index (χ4v) is 2.26. The molecule has 0 heterocycles. The first-order valence-corrected chi connectivity index (χ1v) is 7.48. The van der Waals surface area contributed by atoms with Gasteiger partial charge in [0, 0.05) is 20.0 Å². The second-order valence-electron chi connectivity index (χ2n) is 5.00. The fourth-order valence-electron chi connectivity index (χ4n) is 1.48. The molecule has 0 aromatic rings. The smallest absolute Gasteiger partial charge is 0.222 e. The van der Waals surface area contributed by atoms with E-state index in [0.717, 1.165) is 31.7 Å². The number of rotatable bonds is 9. The lowest BCUT2D eigenvalue weighted by Gasteiger charge is -2.18. The average molecular weight is 260 g/mol. The van der Waals surface area contributed by atoms with E-state index in [1.165, 1.54) is 0 Å². The predicted octanol–water partition coefficient (Wildman–Crippen LogP) is 2.32. The molecule has 3 nitrogen and oxygen atoms in total. The third kappa shape index (κ3) is 10.6. The van der Waals surface area contributed by atoms with Gasteiger partial charge >= 0.3 is 0 Å². The monoisotopic (exact) mass is 260 g/mol. The van der Waals surface area contributed by atoms with Crippen molar-refractivity contribution in [2.24, 2.45) is 0 Å². The summed E-state index contributed by atoms with van der Waals surface area (Å²) in [4.78, 5) is 15.8. The molecule has 0 saturated carbocycles. The van der Waals surface area contributed by atoms with E-state index in [-0.39, 0.29) is 5.91 Å². The fraction of sp³-hybridized carbons (Fsp3) is 0.923. The van der Waals surface area contributed by atoms with Crippen LogP contribution >= 0.6 is 11.8 Å². The topological polar surface area (TPSA) is 23.6 Å². The van der Waals surface area contributed by atoms with Gasteiger partial charge in [-0.2, -0.15) is 11.8 Å². The Morgan fingerprint density at radius 3 is 2.29 bits per heavy atom. The largest absolute Gasteiger partial charge is 0.346 e. The van der Waals surface area contributed by atoms with Gasteiger partial charge in [0.2, 0.25) is 5.91 Å². The first kappa shape index (κ1) is 16.8. The maximum absolute atomic E-state index is 11.8. The van der Waals surface area contributed by atoms with E-state index in [1.54, 1.807) is 0 Å². The highest BCUT2D eigenvalue weighted by atomic mass is 32.2. The number of carbonyl (C=O) groups is 1. The van der Waals surface area contributed by atoms with E-state index in [4.69, 9.17) is 0 Å². The van der Waals surface area contributed by atoms with Gasteiger partial charge < -0.3 is 9.80 Å². The Bertz CT molecular complexity index is 208. The molecule has 0 rings (SSSR count). The molecule has 0 aromatic carbocycles. The molecular formula is C13H28N2OS. The van der Waals surface area contributed by atoms with Gasteiger partial charge in [0.05, 0.1) is 0 Å². The van der Waals surface area contributed by atoms with Crippen LogP contribution in [0.25, 0.3) is 0 Å². The van der Waals surface area contributed by atoms with Gasteiger partial charge in [-0.3, -0.25) is 4.79 Å². The molecule has 1 amide bonds. The van der Waals surface area contributed by atoms with E-state index >= 15 is 0 Å². The Balaban J connectivity index is 3.53. The molecule has 0 aliphatic heterocycles. The molecular weight excluding hydrogens is 232 g/mol. The lowest BCUT2D eigenvalue weighted by atomic mass is 10.3. The van der Waals surface area contributed by atoms with Gasteiger partial charge in [0.25, 0.3) is 0 Å². The van der Waals surface area contributed by atoms with Crippen molar-refractivity contribution < 1.29 is 4.79 Å². The van der Waals surface area contributed by atoms with Gasteiger partial charge in [0.1, 0.15) is 0 Å². The molecule has 0 aliphatic rings. The molecule has 0 unspecified atom stereocenters. The third-order valence-corrected chi connectivity index (χ3v) is 3.70. The Kier molecular flexibility index (Phi) is 9.65. The van der Waals surface area contributed by atoms with Crippen LogP contribution in [0.15, 0.2) is 0 Å². The zero-order valence-corrected chi connectivity index (χ0v) is 12.8. The summed E-state index contributed by atoms with van der Waals surface area (Å²) in [7, 11) is 6.03. The Hall–Kier alpha value is -0.220. The highest BCUT2D eigenvalue weighted by Gasteiger charge is 2.08. The predicted molar refractivity (Wildman–Crippen MR) is 77.6 cm³/mol. The molecule has 0 aromatic heterocycles. The van der Waals surface area contributed by atoms with Crippen molar-refractivity contribution in [2.75, 3.05) is 40.0 Å². The summed E-state index contributed by atoms with van der Waals surface area (Å²) in [6.45, 7) is 6.30. The van der Waals surface area contributed by atoms with Gasteiger partial charge in [0.15, 0.2) is 0 Å².